The van der Waals surface area contributed by atoms with E-state index < -0.39 is 0 Å². The Hall–Kier alpha value is -0.340. The van der Waals surface area contributed by atoms with Crippen LogP contribution in [0.5, 0.6) is 0 Å². The van der Waals surface area contributed by atoms with Crippen molar-refractivity contribution < 1.29 is 9.84 Å². The Bertz CT molecular complexity index is 727. The van der Waals surface area contributed by atoms with E-state index in [4.69, 9.17) is 9.84 Å². The predicted octanol–water partition coefficient (Wildman–Crippen LogP) is 9.75. The molecule has 2 nitrogen and oxygen atoms in total. The van der Waals surface area contributed by atoms with Crippen LogP contribution < -0.4 is 0 Å². The maximum atomic E-state index is 8.91. The van der Waals surface area contributed by atoms with Crippen LogP contribution in [0.1, 0.15) is 144 Å². The highest BCUT2D eigenvalue weighted by Gasteiger charge is 2.59. The molecular weight excluding hydrogens is 452 g/mol. The summed E-state index contributed by atoms with van der Waals surface area (Å²) in [6, 6.07) is 0. The van der Waals surface area contributed by atoms with Crippen molar-refractivity contribution in [3.63, 3.8) is 0 Å². The summed E-state index contributed by atoms with van der Waals surface area (Å²) in [5.74, 6) is 5.53. The van der Waals surface area contributed by atoms with Gasteiger partial charge in [-0.15, -0.1) is 0 Å². The van der Waals surface area contributed by atoms with Crippen LogP contribution in [0, 0.1) is 46.3 Å². The lowest BCUT2D eigenvalue weighted by Crippen LogP contribution is -2.51. The highest BCUT2D eigenvalue weighted by molar-refractivity contribution is 5.25. The fourth-order valence-electron chi connectivity index (χ4n) is 9.97. The first-order valence-corrected chi connectivity index (χ1v) is 16.7. The lowest BCUT2D eigenvalue weighted by Gasteiger charge is -2.58. The van der Waals surface area contributed by atoms with E-state index in [0.717, 1.165) is 48.5 Å². The molecular formula is C35H62O2. The van der Waals surface area contributed by atoms with Crippen molar-refractivity contribution in [3.8, 4) is 0 Å². The molecule has 4 aliphatic rings. The highest BCUT2D eigenvalue weighted by atomic mass is 16.5. The summed E-state index contributed by atoms with van der Waals surface area (Å²) < 4.78 is 6.43. The standard InChI is InChI=1S/C35H62O2/c1-26(2)13-12-14-27(3)31-17-18-32-30-16-15-28-25-29(37-24-11-9-7-6-8-10-23-36)19-21-34(28,4)33(30)20-22-35(31,32)5/h15,26-27,29-33,36H,6-14,16-25H2,1-5H3/t27-,29+,30+,31-,32?,33?,34+,35-/m1/s1. The van der Waals surface area contributed by atoms with E-state index in [1.54, 1.807) is 5.57 Å². The van der Waals surface area contributed by atoms with Crippen LogP contribution in [0.25, 0.3) is 0 Å². The molecule has 3 fully saturated rings. The van der Waals surface area contributed by atoms with Crippen molar-refractivity contribution in [3.05, 3.63) is 11.6 Å². The summed E-state index contributed by atoms with van der Waals surface area (Å²) in [5.41, 5.74) is 2.81. The molecule has 2 heteroatoms. The van der Waals surface area contributed by atoms with Crippen LogP contribution in [0.3, 0.4) is 0 Å². The third kappa shape index (κ3) is 6.70. The Balaban J connectivity index is 1.29. The average Bonchev–Trinajstić information content (AvgIpc) is 3.22. The first kappa shape index (κ1) is 29.6. The molecule has 1 N–H and O–H groups in total. The smallest absolute Gasteiger partial charge is 0.0612 e. The van der Waals surface area contributed by atoms with Crippen molar-refractivity contribution >= 4 is 0 Å². The van der Waals surface area contributed by atoms with Crippen LogP contribution in [0.4, 0.5) is 0 Å². The van der Waals surface area contributed by atoms with Crippen LogP contribution in [0.15, 0.2) is 11.6 Å². The summed E-state index contributed by atoms with van der Waals surface area (Å²) >= 11 is 0. The van der Waals surface area contributed by atoms with Gasteiger partial charge in [-0.1, -0.05) is 91.2 Å². The number of hydrogen-bond donors (Lipinski definition) is 1. The fourth-order valence-corrected chi connectivity index (χ4v) is 9.97. The zero-order valence-electron chi connectivity index (χ0n) is 25.4. The Morgan fingerprint density at radius 1 is 0.865 bits per heavy atom. The SMILES string of the molecule is CC(C)CCC[C@@H](C)[C@H]1CCC2[C@@H]3CC=C4C[C@@H](OCCCCCCCCO)CC[C@]4(C)C3CC[C@@]21C. The molecule has 8 atom stereocenters. The van der Waals surface area contributed by atoms with Gasteiger partial charge in [0.15, 0.2) is 0 Å². The third-order valence-corrected chi connectivity index (χ3v) is 12.2. The van der Waals surface area contributed by atoms with Gasteiger partial charge in [0, 0.05) is 13.2 Å². The molecule has 4 aliphatic carbocycles. The van der Waals surface area contributed by atoms with Crippen LogP contribution in [-0.4, -0.2) is 24.4 Å². The first-order valence-electron chi connectivity index (χ1n) is 16.7. The second-order valence-corrected chi connectivity index (χ2v) is 14.9. The minimum absolute atomic E-state index is 0.347. The predicted molar refractivity (Wildman–Crippen MR) is 158 cm³/mol. The van der Waals surface area contributed by atoms with Crippen molar-refractivity contribution in [1.82, 2.24) is 0 Å². The van der Waals surface area contributed by atoms with Gasteiger partial charge in [0.05, 0.1) is 6.10 Å². The summed E-state index contributed by atoms with van der Waals surface area (Å²) in [6.45, 7) is 14.0. The van der Waals surface area contributed by atoms with Gasteiger partial charge < -0.3 is 9.84 Å². The Labute approximate surface area is 230 Å². The minimum Gasteiger partial charge on any atom is -0.396 e. The zero-order chi connectivity index (χ0) is 26.5. The fraction of sp³-hybridized carbons (Fsp3) is 0.943. The topological polar surface area (TPSA) is 29.5 Å². The quantitative estimate of drug-likeness (QED) is 0.185. The van der Waals surface area contributed by atoms with E-state index in [9.17, 15) is 0 Å². The number of aliphatic hydroxyl groups is 1. The lowest BCUT2D eigenvalue weighted by atomic mass is 9.47. The molecule has 0 aromatic rings. The van der Waals surface area contributed by atoms with Crippen LogP contribution in [-0.2, 0) is 4.74 Å². The van der Waals surface area contributed by atoms with Crippen LogP contribution >= 0.6 is 0 Å². The molecule has 0 radical (unpaired) electrons. The largest absolute Gasteiger partial charge is 0.396 e. The number of hydrogen-bond acceptors (Lipinski definition) is 2. The molecule has 0 amide bonds. The minimum atomic E-state index is 0.347. The van der Waals surface area contributed by atoms with Crippen molar-refractivity contribution in [1.29, 1.82) is 0 Å². The molecule has 0 aromatic carbocycles. The molecule has 0 aromatic heterocycles. The Morgan fingerprint density at radius 2 is 1.62 bits per heavy atom. The summed E-state index contributed by atoms with van der Waals surface area (Å²) in [5, 5.41) is 8.91. The van der Waals surface area contributed by atoms with E-state index in [1.165, 1.54) is 103 Å². The van der Waals surface area contributed by atoms with Gasteiger partial charge in [0.2, 0.25) is 0 Å². The molecule has 37 heavy (non-hydrogen) atoms. The second kappa shape index (κ2) is 13.3. The molecule has 0 saturated heterocycles. The molecule has 0 aliphatic heterocycles. The van der Waals surface area contributed by atoms with Gasteiger partial charge in [0.1, 0.15) is 0 Å². The highest BCUT2D eigenvalue weighted by Crippen LogP contribution is 2.67. The van der Waals surface area contributed by atoms with Crippen molar-refractivity contribution in [2.75, 3.05) is 13.2 Å². The second-order valence-electron chi connectivity index (χ2n) is 14.9. The molecule has 4 rings (SSSR count). The summed E-state index contributed by atoms with van der Waals surface area (Å²) in [4.78, 5) is 0. The molecule has 0 heterocycles. The van der Waals surface area contributed by atoms with Gasteiger partial charge in [-0.3, -0.25) is 0 Å². The Morgan fingerprint density at radius 3 is 2.38 bits per heavy atom. The van der Waals surface area contributed by atoms with E-state index in [-0.39, 0.29) is 0 Å². The van der Waals surface area contributed by atoms with Crippen molar-refractivity contribution in [2.45, 2.75) is 150 Å². The molecule has 0 bridgehead atoms. The number of fused-ring (bicyclic) bond motifs is 5. The van der Waals surface area contributed by atoms with Gasteiger partial charge in [0.25, 0.3) is 0 Å². The lowest BCUT2D eigenvalue weighted by molar-refractivity contribution is -0.0641. The van der Waals surface area contributed by atoms with E-state index in [1.807, 2.05) is 0 Å². The maximum absolute atomic E-state index is 8.91. The third-order valence-electron chi connectivity index (χ3n) is 12.2. The molecule has 0 spiro atoms. The molecule has 2 unspecified atom stereocenters. The van der Waals surface area contributed by atoms with Gasteiger partial charge in [-0.2, -0.15) is 0 Å². The van der Waals surface area contributed by atoms with Crippen molar-refractivity contribution in [2.24, 2.45) is 46.3 Å². The van der Waals surface area contributed by atoms with E-state index in [2.05, 4.69) is 40.7 Å². The molecule has 3 saturated carbocycles. The normalized spacial score (nSPS) is 38.1. The number of rotatable bonds is 14. The monoisotopic (exact) mass is 514 g/mol. The van der Waals surface area contributed by atoms with Gasteiger partial charge >= 0.3 is 0 Å². The van der Waals surface area contributed by atoms with E-state index >= 15 is 0 Å². The maximum Gasteiger partial charge on any atom is 0.0612 e. The first-order chi connectivity index (χ1) is 17.8. The van der Waals surface area contributed by atoms with E-state index in [0.29, 0.717) is 23.5 Å². The number of allylic oxidation sites excluding steroid dienone is 1. The van der Waals surface area contributed by atoms with Crippen LogP contribution in [0.2, 0.25) is 0 Å². The number of aliphatic hydroxyl groups excluding tert-OH is 1. The number of unbranched alkanes of at least 4 members (excludes halogenated alkanes) is 5. The molecule has 214 valence electrons. The Kier molecular flexibility index (Phi) is 10.7. The van der Waals surface area contributed by atoms with Gasteiger partial charge in [-0.25, -0.2) is 0 Å². The zero-order valence-corrected chi connectivity index (χ0v) is 25.4. The number of ether oxygens (including phenoxy) is 1. The van der Waals surface area contributed by atoms with Gasteiger partial charge in [-0.05, 0) is 111 Å². The summed E-state index contributed by atoms with van der Waals surface area (Å²) in [6.07, 6.45) is 25.8. The summed E-state index contributed by atoms with van der Waals surface area (Å²) in [7, 11) is 0. The average molecular weight is 515 g/mol.